The zero-order chi connectivity index (χ0) is 16.2. The van der Waals surface area contributed by atoms with E-state index in [1.807, 2.05) is 13.0 Å². The van der Waals surface area contributed by atoms with Gasteiger partial charge in [-0.1, -0.05) is 6.07 Å². The largest absolute Gasteiger partial charge is 0.338 e. The van der Waals surface area contributed by atoms with Gasteiger partial charge >= 0.3 is 12.1 Å². The molecular formula is C17H24N4O2. The summed E-state index contributed by atoms with van der Waals surface area (Å²) < 4.78 is 0. The molecule has 1 fully saturated rings. The summed E-state index contributed by atoms with van der Waals surface area (Å²) in [4.78, 5) is 25.6. The number of fused-ring (bicyclic) bond motifs is 1. The average molecular weight is 316 g/mol. The smallest absolute Gasteiger partial charge is 0.319 e. The van der Waals surface area contributed by atoms with E-state index in [0.29, 0.717) is 19.6 Å². The summed E-state index contributed by atoms with van der Waals surface area (Å²) in [6.45, 7) is 3.75. The van der Waals surface area contributed by atoms with Crippen LogP contribution >= 0.6 is 0 Å². The van der Waals surface area contributed by atoms with Gasteiger partial charge in [-0.25, -0.2) is 9.59 Å². The molecule has 0 radical (unpaired) electrons. The normalized spacial score (nSPS) is 19.3. The molecule has 2 aliphatic rings. The van der Waals surface area contributed by atoms with E-state index in [2.05, 4.69) is 28.1 Å². The predicted octanol–water partition coefficient (Wildman–Crippen LogP) is 2.10. The van der Waals surface area contributed by atoms with Crippen molar-refractivity contribution in [3.8, 4) is 0 Å². The number of nitrogens with one attached hydrogen (secondary N) is 3. The second-order valence-corrected chi connectivity index (χ2v) is 6.20. The fraction of sp³-hybridized carbons (Fsp3) is 0.529. The molecule has 1 atom stereocenters. The molecule has 23 heavy (non-hydrogen) atoms. The molecule has 0 bridgehead atoms. The number of anilines is 1. The Kier molecular flexibility index (Phi) is 4.69. The van der Waals surface area contributed by atoms with Crippen molar-refractivity contribution in [3.63, 3.8) is 0 Å². The van der Waals surface area contributed by atoms with Gasteiger partial charge in [0.15, 0.2) is 0 Å². The van der Waals surface area contributed by atoms with Gasteiger partial charge in [0.25, 0.3) is 0 Å². The zero-order valence-electron chi connectivity index (χ0n) is 13.5. The Morgan fingerprint density at radius 3 is 2.91 bits per heavy atom. The van der Waals surface area contributed by atoms with Gasteiger partial charge in [0.1, 0.15) is 0 Å². The first-order valence-corrected chi connectivity index (χ1v) is 8.38. The number of carbonyl (C=O) groups is 2. The molecule has 1 aliphatic heterocycles. The van der Waals surface area contributed by atoms with Gasteiger partial charge < -0.3 is 20.9 Å². The summed E-state index contributed by atoms with van der Waals surface area (Å²) in [5, 5.41) is 8.63. The van der Waals surface area contributed by atoms with E-state index in [0.717, 1.165) is 24.9 Å². The number of carbonyl (C=O) groups excluding carboxylic acids is 2. The Balaban J connectivity index is 1.49. The van der Waals surface area contributed by atoms with Crippen LogP contribution in [0.5, 0.6) is 0 Å². The molecule has 124 valence electrons. The van der Waals surface area contributed by atoms with E-state index >= 15 is 0 Å². The summed E-state index contributed by atoms with van der Waals surface area (Å²) in [5.41, 5.74) is 3.57. The Morgan fingerprint density at radius 1 is 1.26 bits per heavy atom. The first-order chi connectivity index (χ1) is 11.2. The van der Waals surface area contributed by atoms with Gasteiger partial charge in [-0.3, -0.25) is 0 Å². The van der Waals surface area contributed by atoms with Crippen molar-refractivity contribution in [1.82, 2.24) is 15.5 Å². The Labute approximate surface area is 136 Å². The molecular weight excluding hydrogens is 292 g/mol. The SMILES string of the molecule is CCNC(=O)N1CCC(NC(=O)Nc2ccc3c(c2)CCC3)C1. The molecule has 1 saturated heterocycles. The monoisotopic (exact) mass is 316 g/mol. The van der Waals surface area contributed by atoms with Gasteiger partial charge in [0.05, 0.1) is 0 Å². The highest BCUT2D eigenvalue weighted by atomic mass is 16.2. The Bertz CT molecular complexity index is 602. The molecule has 6 nitrogen and oxygen atoms in total. The molecule has 3 N–H and O–H groups in total. The summed E-state index contributed by atoms with van der Waals surface area (Å²) in [6.07, 6.45) is 4.22. The van der Waals surface area contributed by atoms with Gasteiger partial charge in [-0.2, -0.15) is 0 Å². The molecule has 0 aromatic heterocycles. The summed E-state index contributed by atoms with van der Waals surface area (Å²) in [5.74, 6) is 0. The van der Waals surface area contributed by atoms with Crippen molar-refractivity contribution in [2.24, 2.45) is 0 Å². The highest BCUT2D eigenvalue weighted by Crippen LogP contribution is 2.24. The number of hydrogen-bond donors (Lipinski definition) is 3. The summed E-state index contributed by atoms with van der Waals surface area (Å²) in [7, 11) is 0. The number of aryl methyl sites for hydroxylation is 2. The molecule has 4 amide bonds. The van der Waals surface area contributed by atoms with E-state index in [1.165, 1.54) is 17.5 Å². The Hall–Kier alpha value is -2.24. The van der Waals surface area contributed by atoms with Gasteiger partial charge in [-0.05, 0) is 55.9 Å². The van der Waals surface area contributed by atoms with E-state index in [1.54, 1.807) is 4.90 Å². The van der Waals surface area contributed by atoms with Crippen LogP contribution in [0, 0.1) is 0 Å². The lowest BCUT2D eigenvalue weighted by atomic mass is 10.1. The lowest BCUT2D eigenvalue weighted by Gasteiger charge is -2.17. The van der Waals surface area contributed by atoms with Crippen LogP contribution < -0.4 is 16.0 Å². The molecule has 0 spiro atoms. The quantitative estimate of drug-likeness (QED) is 0.799. The number of urea groups is 2. The van der Waals surface area contributed by atoms with Crippen LogP contribution in [0.3, 0.4) is 0 Å². The molecule has 1 aromatic carbocycles. The molecule has 6 heteroatoms. The number of rotatable bonds is 3. The van der Waals surface area contributed by atoms with Crippen molar-refractivity contribution in [1.29, 1.82) is 0 Å². The standard InChI is InChI=1S/C17H24N4O2/c1-2-18-17(23)21-9-8-15(11-21)20-16(22)19-14-7-6-12-4-3-5-13(12)10-14/h6-7,10,15H,2-5,8-9,11H2,1H3,(H,18,23)(H2,19,20,22). The minimum absolute atomic E-state index is 0.00651. The topological polar surface area (TPSA) is 73.5 Å². The number of hydrogen-bond acceptors (Lipinski definition) is 2. The Morgan fingerprint density at radius 2 is 2.09 bits per heavy atom. The van der Waals surface area contributed by atoms with Crippen molar-refractivity contribution < 1.29 is 9.59 Å². The van der Waals surface area contributed by atoms with Crippen molar-refractivity contribution in [2.75, 3.05) is 25.0 Å². The zero-order valence-corrected chi connectivity index (χ0v) is 13.5. The fourth-order valence-corrected chi connectivity index (χ4v) is 3.33. The van der Waals surface area contributed by atoms with Crippen LogP contribution in [0.25, 0.3) is 0 Å². The fourth-order valence-electron chi connectivity index (χ4n) is 3.33. The van der Waals surface area contributed by atoms with Crippen molar-refractivity contribution in [3.05, 3.63) is 29.3 Å². The van der Waals surface area contributed by atoms with Crippen LogP contribution in [0.4, 0.5) is 15.3 Å². The molecule has 0 saturated carbocycles. The third kappa shape index (κ3) is 3.75. The lowest BCUT2D eigenvalue weighted by Crippen LogP contribution is -2.43. The molecule has 3 rings (SSSR count). The first kappa shape index (κ1) is 15.6. The highest BCUT2D eigenvalue weighted by Gasteiger charge is 2.27. The highest BCUT2D eigenvalue weighted by molar-refractivity contribution is 5.89. The van der Waals surface area contributed by atoms with Gasteiger partial charge in [0, 0.05) is 31.4 Å². The minimum atomic E-state index is -0.203. The van der Waals surface area contributed by atoms with Crippen LogP contribution in [0.2, 0.25) is 0 Å². The van der Waals surface area contributed by atoms with Crippen molar-refractivity contribution in [2.45, 2.75) is 38.6 Å². The maximum atomic E-state index is 12.1. The van der Waals surface area contributed by atoms with Gasteiger partial charge in [-0.15, -0.1) is 0 Å². The molecule has 1 heterocycles. The van der Waals surface area contributed by atoms with Crippen molar-refractivity contribution >= 4 is 17.7 Å². The third-order valence-electron chi connectivity index (χ3n) is 4.50. The molecule has 1 aliphatic carbocycles. The van der Waals surface area contributed by atoms with Crippen LogP contribution in [-0.4, -0.2) is 42.6 Å². The number of likely N-dealkylation sites (tertiary alicyclic amines) is 1. The van der Waals surface area contributed by atoms with E-state index in [9.17, 15) is 9.59 Å². The number of amides is 4. The second kappa shape index (κ2) is 6.89. The maximum Gasteiger partial charge on any atom is 0.319 e. The van der Waals surface area contributed by atoms with E-state index in [-0.39, 0.29) is 18.1 Å². The predicted molar refractivity (Wildman–Crippen MR) is 89.7 cm³/mol. The molecule has 1 aromatic rings. The maximum absolute atomic E-state index is 12.1. The third-order valence-corrected chi connectivity index (χ3v) is 4.50. The second-order valence-electron chi connectivity index (χ2n) is 6.20. The van der Waals surface area contributed by atoms with Crippen LogP contribution in [-0.2, 0) is 12.8 Å². The number of benzene rings is 1. The van der Waals surface area contributed by atoms with Gasteiger partial charge in [0.2, 0.25) is 0 Å². The summed E-state index contributed by atoms with van der Waals surface area (Å²) >= 11 is 0. The summed E-state index contributed by atoms with van der Waals surface area (Å²) in [6, 6.07) is 5.87. The van der Waals surface area contributed by atoms with Crippen LogP contribution in [0.15, 0.2) is 18.2 Å². The lowest BCUT2D eigenvalue weighted by molar-refractivity contribution is 0.208. The first-order valence-electron chi connectivity index (χ1n) is 8.38. The number of nitrogens with zero attached hydrogens (tertiary/aromatic N) is 1. The van der Waals surface area contributed by atoms with E-state index in [4.69, 9.17) is 0 Å². The van der Waals surface area contributed by atoms with Crippen LogP contribution in [0.1, 0.15) is 30.9 Å². The average Bonchev–Trinajstić information content (AvgIpc) is 3.15. The molecule has 1 unspecified atom stereocenters. The minimum Gasteiger partial charge on any atom is -0.338 e. The van der Waals surface area contributed by atoms with E-state index < -0.39 is 0 Å².